The predicted molar refractivity (Wildman–Crippen MR) is 129 cm³/mol. The molecule has 0 unspecified atom stereocenters. The number of unbranched alkanes of at least 4 members (excludes halogenated alkanes) is 1. The fourth-order valence-electron chi connectivity index (χ4n) is 3.37. The molecule has 0 aliphatic heterocycles. The van der Waals surface area contributed by atoms with E-state index in [0.29, 0.717) is 11.3 Å². The second-order valence-electron chi connectivity index (χ2n) is 8.06. The fourth-order valence-corrected chi connectivity index (χ4v) is 4.76. The molecule has 0 bridgehead atoms. The van der Waals surface area contributed by atoms with E-state index in [1.807, 2.05) is 31.2 Å². The summed E-state index contributed by atoms with van der Waals surface area (Å²) in [6.45, 7) is 3.58. The first-order valence-corrected chi connectivity index (χ1v) is 12.4. The van der Waals surface area contributed by atoms with Crippen LogP contribution in [0.2, 0.25) is 0 Å². The second kappa shape index (κ2) is 11.2. The summed E-state index contributed by atoms with van der Waals surface area (Å²) in [4.78, 5) is 12.9. The van der Waals surface area contributed by atoms with Gasteiger partial charge in [-0.15, -0.1) is 0 Å². The highest BCUT2D eigenvalue weighted by molar-refractivity contribution is 7.89. The first kappa shape index (κ1) is 24.6. The smallest absolute Gasteiger partial charge is 0.243 e. The first-order valence-electron chi connectivity index (χ1n) is 11.0. The van der Waals surface area contributed by atoms with Gasteiger partial charge in [0, 0.05) is 12.2 Å². The minimum absolute atomic E-state index is 0.0557. The summed E-state index contributed by atoms with van der Waals surface area (Å²) in [7, 11) is -3.95. The summed E-state index contributed by atoms with van der Waals surface area (Å²) in [5, 5.41) is 2.78. The summed E-state index contributed by atoms with van der Waals surface area (Å²) >= 11 is 0. The van der Waals surface area contributed by atoms with Gasteiger partial charge in [0.25, 0.3) is 0 Å². The Morgan fingerprint density at radius 3 is 2.12 bits per heavy atom. The summed E-state index contributed by atoms with van der Waals surface area (Å²) in [5.41, 5.74) is 3.31. The van der Waals surface area contributed by atoms with Gasteiger partial charge in [-0.3, -0.25) is 4.79 Å². The molecule has 5 nitrogen and oxygen atoms in total. The molecule has 0 atom stereocenters. The molecule has 33 heavy (non-hydrogen) atoms. The molecule has 3 aromatic rings. The van der Waals surface area contributed by atoms with Crippen LogP contribution in [0.1, 0.15) is 36.5 Å². The maximum absolute atomic E-state index is 13.3. The van der Waals surface area contributed by atoms with Crippen LogP contribution in [-0.4, -0.2) is 25.2 Å². The number of rotatable bonds is 10. The van der Waals surface area contributed by atoms with Crippen LogP contribution in [0, 0.1) is 12.7 Å². The Bertz CT molecular complexity index is 1160. The van der Waals surface area contributed by atoms with Gasteiger partial charge in [-0.25, -0.2) is 12.8 Å². The van der Waals surface area contributed by atoms with Crippen LogP contribution in [-0.2, 0) is 27.8 Å². The van der Waals surface area contributed by atoms with Crippen LogP contribution < -0.4 is 5.32 Å². The lowest BCUT2D eigenvalue weighted by Gasteiger charge is -2.22. The number of anilines is 1. The van der Waals surface area contributed by atoms with Crippen molar-refractivity contribution in [2.24, 2.45) is 0 Å². The van der Waals surface area contributed by atoms with Crippen LogP contribution in [0.15, 0.2) is 77.7 Å². The third-order valence-electron chi connectivity index (χ3n) is 5.31. The Balaban J connectivity index is 1.79. The van der Waals surface area contributed by atoms with Crippen molar-refractivity contribution in [3.8, 4) is 0 Å². The molecule has 3 rings (SSSR count). The van der Waals surface area contributed by atoms with Gasteiger partial charge in [0.15, 0.2) is 0 Å². The van der Waals surface area contributed by atoms with Crippen molar-refractivity contribution in [3.63, 3.8) is 0 Å². The van der Waals surface area contributed by atoms with Crippen LogP contribution in [0.3, 0.4) is 0 Å². The van der Waals surface area contributed by atoms with Gasteiger partial charge in [0.2, 0.25) is 15.9 Å². The zero-order valence-corrected chi connectivity index (χ0v) is 19.7. The molecule has 0 heterocycles. The van der Waals surface area contributed by atoms with Gasteiger partial charge in [-0.1, -0.05) is 55.3 Å². The lowest BCUT2D eigenvalue weighted by molar-refractivity contribution is -0.116. The highest BCUT2D eigenvalue weighted by Gasteiger charge is 2.27. The van der Waals surface area contributed by atoms with Crippen molar-refractivity contribution < 1.29 is 17.6 Å². The molecular formula is C26H29FN2O3S. The number of carbonyl (C=O) groups is 1. The van der Waals surface area contributed by atoms with Crippen molar-refractivity contribution in [3.05, 3.63) is 95.3 Å². The summed E-state index contributed by atoms with van der Waals surface area (Å²) < 4.78 is 41.1. The molecule has 1 N–H and O–H groups in total. The molecule has 0 radical (unpaired) electrons. The molecule has 0 aromatic heterocycles. The van der Waals surface area contributed by atoms with Crippen LogP contribution in [0.5, 0.6) is 0 Å². The highest BCUT2D eigenvalue weighted by Crippen LogP contribution is 2.20. The van der Waals surface area contributed by atoms with Gasteiger partial charge in [0.05, 0.1) is 11.4 Å². The van der Waals surface area contributed by atoms with E-state index in [1.54, 1.807) is 12.1 Å². The summed E-state index contributed by atoms with van der Waals surface area (Å²) in [5.74, 6) is -0.860. The number of hydrogen-bond donors (Lipinski definition) is 1. The maximum Gasteiger partial charge on any atom is 0.243 e. The van der Waals surface area contributed by atoms with Crippen LogP contribution in [0.25, 0.3) is 0 Å². The van der Waals surface area contributed by atoms with E-state index in [0.717, 1.165) is 29.1 Å². The van der Waals surface area contributed by atoms with Gasteiger partial charge in [0.1, 0.15) is 5.82 Å². The monoisotopic (exact) mass is 468 g/mol. The number of nitrogens with one attached hydrogen (secondary N) is 1. The van der Waals surface area contributed by atoms with E-state index in [4.69, 9.17) is 0 Å². The Morgan fingerprint density at radius 1 is 0.909 bits per heavy atom. The molecule has 1 amide bonds. The minimum atomic E-state index is -3.95. The highest BCUT2D eigenvalue weighted by atomic mass is 32.2. The molecule has 3 aromatic carbocycles. The quantitative estimate of drug-likeness (QED) is 0.439. The Hall–Kier alpha value is -3.03. The SMILES string of the molecule is CCCCc1ccc(NC(=O)CN(Cc2ccc(F)cc2)S(=O)(=O)c2ccc(C)cc2)cc1. The van der Waals surface area contributed by atoms with Crippen molar-refractivity contribution in [1.82, 2.24) is 4.31 Å². The van der Waals surface area contributed by atoms with E-state index in [1.165, 1.54) is 42.0 Å². The maximum atomic E-state index is 13.3. The zero-order chi connectivity index (χ0) is 23.8. The lowest BCUT2D eigenvalue weighted by atomic mass is 10.1. The Labute approximate surface area is 195 Å². The topological polar surface area (TPSA) is 66.5 Å². The van der Waals surface area contributed by atoms with E-state index < -0.39 is 21.7 Å². The Morgan fingerprint density at radius 2 is 1.52 bits per heavy atom. The molecule has 0 aliphatic carbocycles. The number of sulfonamides is 1. The average Bonchev–Trinajstić information content (AvgIpc) is 2.80. The number of aryl methyl sites for hydroxylation is 2. The summed E-state index contributed by atoms with van der Waals surface area (Å²) in [6.07, 6.45) is 3.18. The van der Waals surface area contributed by atoms with Crippen LogP contribution in [0.4, 0.5) is 10.1 Å². The molecule has 0 aliphatic rings. The zero-order valence-electron chi connectivity index (χ0n) is 18.9. The molecule has 174 valence electrons. The predicted octanol–water partition coefficient (Wildman–Crippen LogP) is 5.31. The fraction of sp³-hybridized carbons (Fsp3) is 0.269. The number of halogens is 1. The molecular weight excluding hydrogens is 439 g/mol. The largest absolute Gasteiger partial charge is 0.325 e. The summed E-state index contributed by atoms with van der Waals surface area (Å²) in [6, 6.07) is 19.6. The lowest BCUT2D eigenvalue weighted by Crippen LogP contribution is -2.37. The van der Waals surface area contributed by atoms with Gasteiger partial charge >= 0.3 is 0 Å². The van der Waals surface area contributed by atoms with E-state index in [9.17, 15) is 17.6 Å². The minimum Gasteiger partial charge on any atom is -0.325 e. The third kappa shape index (κ3) is 6.97. The number of amides is 1. The van der Waals surface area contributed by atoms with Crippen molar-refractivity contribution >= 4 is 21.6 Å². The van der Waals surface area contributed by atoms with Crippen molar-refractivity contribution in [1.29, 1.82) is 0 Å². The molecule has 0 saturated carbocycles. The molecule has 0 spiro atoms. The normalized spacial score (nSPS) is 11.5. The Kier molecular flexibility index (Phi) is 8.36. The standard InChI is InChI=1S/C26H29FN2O3S/c1-3-4-5-21-10-14-24(15-11-21)28-26(30)19-29(18-22-8-12-23(27)13-9-22)33(31,32)25-16-6-20(2)7-17-25/h6-17H,3-5,18-19H2,1-2H3,(H,28,30). The van der Waals surface area contributed by atoms with Crippen molar-refractivity contribution in [2.75, 3.05) is 11.9 Å². The second-order valence-corrected chi connectivity index (χ2v) is 10.00. The number of benzene rings is 3. The van der Waals surface area contributed by atoms with Gasteiger partial charge in [-0.2, -0.15) is 4.31 Å². The average molecular weight is 469 g/mol. The van der Waals surface area contributed by atoms with Crippen LogP contribution >= 0.6 is 0 Å². The van der Waals surface area contributed by atoms with Crippen molar-refractivity contribution in [2.45, 2.75) is 44.6 Å². The van der Waals surface area contributed by atoms with E-state index in [-0.39, 0.29) is 18.0 Å². The first-order chi connectivity index (χ1) is 15.8. The van der Waals surface area contributed by atoms with E-state index >= 15 is 0 Å². The third-order valence-corrected chi connectivity index (χ3v) is 7.11. The number of hydrogen-bond acceptors (Lipinski definition) is 3. The molecule has 0 fully saturated rings. The van der Waals surface area contributed by atoms with Gasteiger partial charge in [-0.05, 0) is 67.3 Å². The molecule has 0 saturated heterocycles. The number of carbonyl (C=O) groups excluding carboxylic acids is 1. The molecule has 7 heteroatoms. The van der Waals surface area contributed by atoms with E-state index in [2.05, 4.69) is 12.2 Å². The van der Waals surface area contributed by atoms with Gasteiger partial charge < -0.3 is 5.32 Å². The number of nitrogens with zero attached hydrogens (tertiary/aromatic N) is 1.